The molecule has 1 atom stereocenters. The average Bonchev–Trinajstić information content (AvgIpc) is 2.41. The summed E-state index contributed by atoms with van der Waals surface area (Å²) in [4.78, 5) is 11.4. The van der Waals surface area contributed by atoms with Gasteiger partial charge in [0.15, 0.2) is 0 Å². The van der Waals surface area contributed by atoms with E-state index in [4.69, 9.17) is 4.74 Å². The summed E-state index contributed by atoms with van der Waals surface area (Å²) >= 11 is 0. The van der Waals surface area contributed by atoms with Gasteiger partial charge in [0.1, 0.15) is 11.4 Å². The lowest BCUT2D eigenvalue weighted by Gasteiger charge is -2.19. The molecule has 0 aliphatic carbocycles. The number of nitrogens with one attached hydrogen (secondary N) is 2. The summed E-state index contributed by atoms with van der Waals surface area (Å²) in [7, 11) is 0. The molecule has 1 unspecified atom stereocenters. The second-order valence-corrected chi connectivity index (χ2v) is 6.01. The highest BCUT2D eigenvalue weighted by molar-refractivity contribution is 5.67. The van der Waals surface area contributed by atoms with Gasteiger partial charge in [-0.05, 0) is 33.8 Å². The van der Waals surface area contributed by atoms with Crippen LogP contribution in [0.5, 0.6) is 0 Å². The van der Waals surface area contributed by atoms with E-state index in [1.54, 1.807) is 12.1 Å². The molecule has 1 aromatic rings. The summed E-state index contributed by atoms with van der Waals surface area (Å²) in [5.41, 5.74) is 0.146. The van der Waals surface area contributed by atoms with Gasteiger partial charge in [0, 0.05) is 24.7 Å². The molecule has 0 bridgehead atoms. The van der Waals surface area contributed by atoms with Crippen LogP contribution in [0.15, 0.2) is 36.4 Å². The Morgan fingerprint density at radius 1 is 1.27 bits per heavy atom. The Hall–Kier alpha value is -1.88. The molecule has 0 fully saturated rings. The first-order valence-corrected chi connectivity index (χ1v) is 7.39. The molecule has 0 saturated carbocycles. The van der Waals surface area contributed by atoms with Crippen molar-refractivity contribution in [2.24, 2.45) is 0 Å². The van der Waals surface area contributed by atoms with Crippen molar-refractivity contribution in [1.29, 1.82) is 0 Å². The molecule has 0 saturated heterocycles. The van der Waals surface area contributed by atoms with Crippen LogP contribution in [0.25, 0.3) is 0 Å². The quantitative estimate of drug-likeness (QED) is 0.790. The van der Waals surface area contributed by atoms with Crippen molar-refractivity contribution < 1.29 is 13.9 Å². The fourth-order valence-electron chi connectivity index (χ4n) is 1.80. The highest BCUT2D eigenvalue weighted by Gasteiger charge is 2.15. The van der Waals surface area contributed by atoms with Gasteiger partial charge in [-0.3, -0.25) is 0 Å². The number of ether oxygens (including phenoxy) is 1. The third kappa shape index (κ3) is 7.22. The fourth-order valence-corrected chi connectivity index (χ4v) is 1.80. The van der Waals surface area contributed by atoms with E-state index >= 15 is 0 Å². The molecule has 4 nitrogen and oxygen atoms in total. The van der Waals surface area contributed by atoms with Gasteiger partial charge < -0.3 is 15.4 Å². The molecule has 0 aromatic heterocycles. The maximum absolute atomic E-state index is 13.6. The van der Waals surface area contributed by atoms with Crippen molar-refractivity contribution in [3.05, 3.63) is 47.8 Å². The molecular weight excluding hydrogens is 283 g/mol. The number of rotatable bonds is 6. The van der Waals surface area contributed by atoms with Gasteiger partial charge >= 0.3 is 6.09 Å². The summed E-state index contributed by atoms with van der Waals surface area (Å²) in [5, 5.41) is 5.83. The minimum absolute atomic E-state index is 0.0790. The summed E-state index contributed by atoms with van der Waals surface area (Å²) in [5.74, 6) is -0.210. The van der Waals surface area contributed by atoms with Crippen molar-refractivity contribution in [1.82, 2.24) is 10.6 Å². The Balaban J connectivity index is 2.24. The van der Waals surface area contributed by atoms with E-state index in [1.807, 2.05) is 45.9 Å². The highest BCUT2D eigenvalue weighted by atomic mass is 19.1. The average molecular weight is 308 g/mol. The predicted octanol–water partition coefficient (Wildman–Crippen LogP) is 3.56. The van der Waals surface area contributed by atoms with Crippen LogP contribution >= 0.6 is 0 Å². The Morgan fingerprint density at radius 2 is 1.91 bits per heavy atom. The molecule has 1 rings (SSSR count). The molecule has 2 N–H and O–H groups in total. The number of carbonyl (C=O) groups is 1. The Kier molecular flexibility index (Phi) is 7.05. The van der Waals surface area contributed by atoms with Crippen molar-refractivity contribution in [3.8, 4) is 0 Å². The van der Waals surface area contributed by atoms with E-state index in [2.05, 4.69) is 10.6 Å². The first-order chi connectivity index (χ1) is 10.3. The first kappa shape index (κ1) is 18.2. The molecule has 0 aliphatic heterocycles. The third-order valence-corrected chi connectivity index (χ3v) is 2.84. The van der Waals surface area contributed by atoms with E-state index in [0.717, 1.165) is 0 Å². The van der Waals surface area contributed by atoms with Crippen LogP contribution in [0.2, 0.25) is 0 Å². The SMILES string of the molecule is CC(NC/C=C/CNC(=O)OC(C)(C)C)c1ccccc1F. The van der Waals surface area contributed by atoms with Crippen LogP contribution in [0.1, 0.15) is 39.3 Å². The van der Waals surface area contributed by atoms with Crippen molar-refractivity contribution in [2.45, 2.75) is 39.3 Å². The van der Waals surface area contributed by atoms with Gasteiger partial charge in [-0.25, -0.2) is 9.18 Å². The summed E-state index contributed by atoms with van der Waals surface area (Å²) in [6, 6.07) is 6.63. The van der Waals surface area contributed by atoms with Gasteiger partial charge in [-0.1, -0.05) is 30.4 Å². The minimum atomic E-state index is -0.495. The molecule has 0 spiro atoms. The first-order valence-electron chi connectivity index (χ1n) is 7.39. The van der Waals surface area contributed by atoms with E-state index in [0.29, 0.717) is 18.7 Å². The molecule has 5 heteroatoms. The second kappa shape index (κ2) is 8.54. The van der Waals surface area contributed by atoms with E-state index < -0.39 is 11.7 Å². The molecular formula is C17H25FN2O2. The number of hydrogen-bond acceptors (Lipinski definition) is 3. The molecule has 1 amide bonds. The lowest BCUT2D eigenvalue weighted by Crippen LogP contribution is -2.32. The van der Waals surface area contributed by atoms with Crippen LogP contribution < -0.4 is 10.6 Å². The zero-order chi connectivity index (χ0) is 16.6. The monoisotopic (exact) mass is 308 g/mol. The lowest BCUT2D eigenvalue weighted by molar-refractivity contribution is 0.0534. The Labute approximate surface area is 131 Å². The van der Waals surface area contributed by atoms with Gasteiger partial charge in [0.2, 0.25) is 0 Å². The summed E-state index contributed by atoms with van der Waals surface area (Å²) in [6.07, 6.45) is 3.27. The van der Waals surface area contributed by atoms with Crippen molar-refractivity contribution >= 4 is 6.09 Å². The van der Waals surface area contributed by atoms with Gasteiger partial charge in [0.05, 0.1) is 0 Å². The maximum Gasteiger partial charge on any atom is 0.407 e. The molecule has 0 heterocycles. The number of alkyl carbamates (subject to hydrolysis) is 1. The Morgan fingerprint density at radius 3 is 2.55 bits per heavy atom. The number of amides is 1. The minimum Gasteiger partial charge on any atom is -0.444 e. The standard InChI is InChI=1S/C17H25FN2O2/c1-13(14-9-5-6-10-15(14)18)19-11-7-8-12-20-16(21)22-17(2,3)4/h5-10,13,19H,11-12H2,1-4H3,(H,20,21)/b8-7+. The van der Waals surface area contributed by atoms with Crippen LogP contribution in [0.4, 0.5) is 9.18 Å². The number of halogens is 1. The number of carbonyl (C=O) groups excluding carboxylic acids is 1. The number of benzene rings is 1. The lowest BCUT2D eigenvalue weighted by atomic mass is 10.1. The largest absolute Gasteiger partial charge is 0.444 e. The summed E-state index contributed by atoms with van der Waals surface area (Å²) < 4.78 is 18.7. The zero-order valence-corrected chi connectivity index (χ0v) is 13.7. The van der Waals surface area contributed by atoms with Gasteiger partial charge in [-0.2, -0.15) is 0 Å². The van der Waals surface area contributed by atoms with Crippen LogP contribution in [-0.2, 0) is 4.74 Å². The van der Waals surface area contributed by atoms with E-state index in [1.165, 1.54) is 6.07 Å². The van der Waals surface area contributed by atoms with Gasteiger partial charge in [0.25, 0.3) is 0 Å². The molecule has 22 heavy (non-hydrogen) atoms. The normalized spacial score (nSPS) is 13.1. The summed E-state index contributed by atoms with van der Waals surface area (Å²) in [6.45, 7) is 8.34. The van der Waals surface area contributed by atoms with Gasteiger partial charge in [-0.15, -0.1) is 0 Å². The molecule has 122 valence electrons. The molecule has 0 aliphatic rings. The second-order valence-electron chi connectivity index (χ2n) is 6.01. The fraction of sp³-hybridized carbons (Fsp3) is 0.471. The number of hydrogen-bond donors (Lipinski definition) is 2. The molecule has 1 aromatic carbocycles. The van der Waals surface area contributed by atoms with Crippen LogP contribution in [0.3, 0.4) is 0 Å². The third-order valence-electron chi connectivity index (χ3n) is 2.84. The molecule has 0 radical (unpaired) electrons. The van der Waals surface area contributed by atoms with Crippen LogP contribution in [0, 0.1) is 5.82 Å². The van der Waals surface area contributed by atoms with E-state index in [9.17, 15) is 9.18 Å². The Bertz CT molecular complexity index is 510. The zero-order valence-electron chi connectivity index (χ0n) is 13.7. The van der Waals surface area contributed by atoms with Crippen LogP contribution in [-0.4, -0.2) is 24.8 Å². The van der Waals surface area contributed by atoms with E-state index in [-0.39, 0.29) is 11.9 Å². The predicted molar refractivity (Wildman–Crippen MR) is 86.2 cm³/mol. The smallest absolute Gasteiger partial charge is 0.407 e. The highest BCUT2D eigenvalue weighted by Crippen LogP contribution is 2.15. The van der Waals surface area contributed by atoms with Crippen molar-refractivity contribution in [2.75, 3.05) is 13.1 Å². The topological polar surface area (TPSA) is 50.4 Å². The van der Waals surface area contributed by atoms with Crippen molar-refractivity contribution in [3.63, 3.8) is 0 Å². The maximum atomic E-state index is 13.6.